The standard InChI is InChI=1S/C3HNS/c1-2-3(4-2)5-1/h1H. The van der Waals surface area contributed by atoms with E-state index in [-0.39, 0.29) is 0 Å². The van der Waals surface area contributed by atoms with E-state index in [1.165, 1.54) is 10.7 Å². The van der Waals surface area contributed by atoms with Gasteiger partial charge in [0.1, 0.15) is 10.7 Å². The van der Waals surface area contributed by atoms with Gasteiger partial charge in [0.05, 0.1) is 0 Å². The van der Waals surface area contributed by atoms with Gasteiger partial charge in [-0.15, -0.1) is 11.3 Å². The Kier molecular flexibility index (Phi) is 0.130. The van der Waals surface area contributed by atoms with E-state index in [0.717, 1.165) is 0 Å². The molecule has 0 amide bonds. The fourth-order valence-corrected chi connectivity index (χ4v) is 0.831. The number of hydrogen-bond donors (Lipinski definition) is 0. The second kappa shape index (κ2) is 0.337. The Labute approximate surface area is 33.3 Å². The molecule has 0 fully saturated rings. The van der Waals surface area contributed by atoms with E-state index in [1.54, 1.807) is 11.3 Å². The van der Waals surface area contributed by atoms with Crippen LogP contribution in [0.2, 0.25) is 0 Å². The van der Waals surface area contributed by atoms with E-state index >= 15 is 0 Å². The zero-order chi connectivity index (χ0) is 3.28. The second-order valence-electron chi connectivity index (χ2n) is 1.04. The summed E-state index contributed by atoms with van der Waals surface area (Å²) in [5.41, 5.74) is 1.23. The van der Waals surface area contributed by atoms with Gasteiger partial charge in [0, 0.05) is 5.38 Å². The third kappa shape index (κ3) is 0.0854. The largest absolute Gasteiger partial charge is 0.232 e. The molecule has 0 saturated carbocycles. The van der Waals surface area contributed by atoms with Gasteiger partial charge in [0.25, 0.3) is 0 Å². The van der Waals surface area contributed by atoms with Crippen LogP contribution in [0.3, 0.4) is 0 Å². The van der Waals surface area contributed by atoms with Crippen LogP contribution < -0.4 is 0 Å². The lowest BCUT2D eigenvalue weighted by atomic mass is 10.7. The van der Waals surface area contributed by atoms with Gasteiger partial charge in [0.2, 0.25) is 0 Å². The molecule has 0 bridgehead atoms. The van der Waals surface area contributed by atoms with Crippen LogP contribution >= 0.6 is 11.3 Å². The Morgan fingerprint density at radius 1 is 1.80 bits per heavy atom. The maximum atomic E-state index is 3.91. The fourth-order valence-electron chi connectivity index (χ4n) is 0.298. The van der Waals surface area contributed by atoms with Crippen molar-refractivity contribution in [1.82, 2.24) is 4.98 Å². The molecule has 2 rings (SSSR count). The molecule has 2 aliphatic heterocycles. The zero-order valence-corrected chi connectivity index (χ0v) is 3.25. The predicted molar refractivity (Wildman–Crippen MR) is 21.1 cm³/mol. The van der Waals surface area contributed by atoms with Crippen molar-refractivity contribution in [3.8, 4) is 10.7 Å². The lowest BCUT2D eigenvalue weighted by Crippen LogP contribution is -1.42. The number of hydrogen-bond acceptors (Lipinski definition) is 2. The van der Waals surface area contributed by atoms with E-state index < -0.39 is 0 Å². The maximum Gasteiger partial charge on any atom is 0.143 e. The quantitative estimate of drug-likeness (QED) is 0.465. The first-order valence-electron chi connectivity index (χ1n) is 1.43. The molecule has 2 heterocycles. The highest BCUT2D eigenvalue weighted by Gasteiger charge is 2.16. The summed E-state index contributed by atoms with van der Waals surface area (Å²) in [6, 6.07) is 0. The van der Waals surface area contributed by atoms with Gasteiger partial charge in [-0.2, -0.15) is 0 Å². The van der Waals surface area contributed by atoms with Crippen molar-refractivity contribution < 1.29 is 0 Å². The summed E-state index contributed by atoms with van der Waals surface area (Å²) >= 11 is 1.72. The van der Waals surface area contributed by atoms with Gasteiger partial charge >= 0.3 is 0 Å². The monoisotopic (exact) mass is 83.0 g/mol. The molecule has 0 atom stereocenters. The molecule has 2 aliphatic rings. The van der Waals surface area contributed by atoms with Crippen LogP contribution in [0.5, 0.6) is 0 Å². The van der Waals surface area contributed by atoms with Crippen LogP contribution in [0.4, 0.5) is 0 Å². The van der Waals surface area contributed by atoms with Crippen LogP contribution in [0, 0.1) is 0 Å². The topological polar surface area (TPSA) is 12.9 Å². The van der Waals surface area contributed by atoms with E-state index in [9.17, 15) is 0 Å². The molecule has 0 aromatic carbocycles. The molecule has 0 N–H and O–H groups in total. The Hall–Kier alpha value is -0.370. The minimum atomic E-state index is 1.23. The lowest BCUT2D eigenvalue weighted by Gasteiger charge is -1.69. The highest BCUT2D eigenvalue weighted by atomic mass is 32.1. The minimum absolute atomic E-state index is 1.23. The molecular formula is C3HNS. The van der Waals surface area contributed by atoms with Crippen LogP contribution in [0.1, 0.15) is 0 Å². The van der Waals surface area contributed by atoms with Gasteiger partial charge in [-0.25, -0.2) is 4.98 Å². The average molecular weight is 83.1 g/mol. The molecule has 1 nitrogen and oxygen atoms in total. The number of thiazole rings is 1. The van der Waals surface area contributed by atoms with Crippen LogP contribution in [0.25, 0.3) is 10.7 Å². The molecule has 0 spiro atoms. The molecule has 24 valence electrons. The Balaban J connectivity index is 3.13. The molecular weight excluding hydrogens is 82.1 g/mol. The summed E-state index contributed by atoms with van der Waals surface area (Å²) in [5.74, 6) is 0. The lowest BCUT2D eigenvalue weighted by molar-refractivity contribution is 1.74. The molecule has 5 heavy (non-hydrogen) atoms. The summed E-state index contributed by atoms with van der Waals surface area (Å²) in [5, 5.41) is 3.31. The molecule has 0 saturated heterocycles. The first-order chi connectivity index (χ1) is 2.47. The first kappa shape index (κ1) is 1.92. The van der Waals surface area contributed by atoms with Crippen molar-refractivity contribution in [3.63, 3.8) is 0 Å². The molecule has 0 aliphatic carbocycles. The van der Waals surface area contributed by atoms with Crippen molar-refractivity contribution in [1.29, 1.82) is 0 Å². The Bertz CT molecular complexity index is 132. The number of rotatable bonds is 0. The highest BCUT2D eigenvalue weighted by molar-refractivity contribution is 7.17. The molecule has 0 radical (unpaired) electrons. The van der Waals surface area contributed by atoms with E-state index in [2.05, 4.69) is 10.4 Å². The number of nitrogens with zero attached hydrogens (tertiary/aromatic N) is 1. The summed E-state index contributed by atoms with van der Waals surface area (Å²) in [6.07, 6.45) is 0. The van der Waals surface area contributed by atoms with Gasteiger partial charge in [-0.05, 0) is 0 Å². The summed E-state index contributed by atoms with van der Waals surface area (Å²) in [6.45, 7) is 0. The van der Waals surface area contributed by atoms with Crippen LogP contribution in [0.15, 0.2) is 5.38 Å². The van der Waals surface area contributed by atoms with Gasteiger partial charge < -0.3 is 0 Å². The van der Waals surface area contributed by atoms with Gasteiger partial charge in [-0.1, -0.05) is 0 Å². The molecule has 2 heteroatoms. The average Bonchev–Trinajstić information content (AvgIpc) is 1.74. The summed E-state index contributed by atoms with van der Waals surface area (Å²) < 4.78 is 0. The minimum Gasteiger partial charge on any atom is -0.232 e. The van der Waals surface area contributed by atoms with E-state index in [4.69, 9.17) is 0 Å². The SMILES string of the molecule is c1sc2nc1-2. The third-order valence-electron chi connectivity index (χ3n) is 0.673. The van der Waals surface area contributed by atoms with Crippen molar-refractivity contribution >= 4 is 11.3 Å². The van der Waals surface area contributed by atoms with Crippen LogP contribution in [-0.2, 0) is 0 Å². The number of aromatic nitrogens is 1. The molecule has 0 aromatic heterocycles. The van der Waals surface area contributed by atoms with E-state index in [1.807, 2.05) is 0 Å². The molecule has 0 unspecified atom stereocenters. The maximum absolute atomic E-state index is 3.91. The van der Waals surface area contributed by atoms with Gasteiger partial charge in [-0.3, -0.25) is 0 Å². The fraction of sp³-hybridized carbons (Fsp3) is 0. The van der Waals surface area contributed by atoms with Crippen molar-refractivity contribution in [3.05, 3.63) is 5.38 Å². The highest BCUT2D eigenvalue weighted by Crippen LogP contribution is 2.36. The smallest absolute Gasteiger partial charge is 0.143 e. The van der Waals surface area contributed by atoms with Gasteiger partial charge in [0.15, 0.2) is 0 Å². The first-order valence-corrected chi connectivity index (χ1v) is 2.31. The van der Waals surface area contributed by atoms with Crippen LogP contribution in [-0.4, -0.2) is 4.98 Å². The number of fused-ring (bicyclic) bond motifs is 1. The van der Waals surface area contributed by atoms with Crippen molar-refractivity contribution in [2.24, 2.45) is 0 Å². The Morgan fingerprint density at radius 3 is 2.60 bits per heavy atom. The molecule has 0 aromatic rings. The summed E-state index contributed by atoms with van der Waals surface area (Å²) in [7, 11) is 0. The predicted octanol–water partition coefficient (Wildman–Crippen LogP) is 1.12. The van der Waals surface area contributed by atoms with Crippen molar-refractivity contribution in [2.75, 3.05) is 0 Å². The second-order valence-corrected chi connectivity index (χ2v) is 1.90. The zero-order valence-electron chi connectivity index (χ0n) is 2.43. The normalized spacial score (nSPS) is 12.0. The van der Waals surface area contributed by atoms with E-state index in [0.29, 0.717) is 0 Å². The third-order valence-corrected chi connectivity index (χ3v) is 1.54. The Morgan fingerprint density at radius 2 is 2.60 bits per heavy atom. The van der Waals surface area contributed by atoms with Crippen molar-refractivity contribution in [2.45, 2.75) is 0 Å². The summed E-state index contributed by atoms with van der Waals surface area (Å²) in [4.78, 5) is 3.91.